The first-order valence-electron chi connectivity index (χ1n) is 7.42. The minimum absolute atomic E-state index is 0.669. The lowest BCUT2D eigenvalue weighted by Crippen LogP contribution is -2.39. The van der Waals surface area contributed by atoms with Crippen molar-refractivity contribution in [1.82, 2.24) is 5.32 Å². The van der Waals surface area contributed by atoms with Gasteiger partial charge in [-0.1, -0.05) is 38.3 Å². The molecule has 1 aromatic rings. The number of hydrogen-bond donors (Lipinski definition) is 1. The molecule has 0 amide bonds. The standard InChI is InChI=1S/C16H24BrNS/c1-2-18-15(13-8-4-3-5-9-13)12-19-16-11-7-6-10-14(16)17/h6-7,10-11,13,15,18H,2-5,8-9,12H2,1H3. The Balaban J connectivity index is 1.91. The van der Waals surface area contributed by atoms with E-state index in [1.54, 1.807) is 0 Å². The SMILES string of the molecule is CCNC(CSc1ccccc1Br)C1CCCCC1. The zero-order chi connectivity index (χ0) is 13.5. The van der Waals surface area contributed by atoms with Crippen molar-refractivity contribution in [2.24, 2.45) is 5.92 Å². The topological polar surface area (TPSA) is 12.0 Å². The summed E-state index contributed by atoms with van der Waals surface area (Å²) in [5.41, 5.74) is 0. The maximum Gasteiger partial charge on any atom is 0.0311 e. The van der Waals surface area contributed by atoms with Crippen LogP contribution >= 0.6 is 27.7 Å². The summed E-state index contributed by atoms with van der Waals surface area (Å²) in [7, 11) is 0. The van der Waals surface area contributed by atoms with E-state index < -0.39 is 0 Å². The summed E-state index contributed by atoms with van der Waals surface area (Å²) >= 11 is 5.62. The van der Waals surface area contributed by atoms with E-state index in [-0.39, 0.29) is 0 Å². The first-order valence-corrected chi connectivity index (χ1v) is 9.20. The van der Waals surface area contributed by atoms with Crippen LogP contribution in [-0.2, 0) is 0 Å². The van der Waals surface area contributed by atoms with Crippen molar-refractivity contribution in [2.75, 3.05) is 12.3 Å². The zero-order valence-electron chi connectivity index (χ0n) is 11.7. The monoisotopic (exact) mass is 341 g/mol. The fourth-order valence-electron chi connectivity index (χ4n) is 2.90. The summed E-state index contributed by atoms with van der Waals surface area (Å²) < 4.78 is 1.22. The first kappa shape index (κ1) is 15.4. The molecule has 1 atom stereocenters. The van der Waals surface area contributed by atoms with Crippen LogP contribution < -0.4 is 5.32 Å². The zero-order valence-corrected chi connectivity index (χ0v) is 14.1. The summed E-state index contributed by atoms with van der Waals surface area (Å²) in [6, 6.07) is 9.21. The van der Waals surface area contributed by atoms with Gasteiger partial charge in [0.2, 0.25) is 0 Å². The number of rotatable bonds is 6. The summed E-state index contributed by atoms with van der Waals surface area (Å²) in [6.45, 7) is 3.30. The Bertz CT molecular complexity index is 377. The molecule has 0 aromatic heterocycles. The quantitative estimate of drug-likeness (QED) is 0.722. The molecular weight excluding hydrogens is 318 g/mol. The Labute approximate surface area is 130 Å². The van der Waals surface area contributed by atoms with Gasteiger partial charge in [0.25, 0.3) is 0 Å². The van der Waals surface area contributed by atoms with Gasteiger partial charge in [0.05, 0.1) is 0 Å². The molecule has 1 nitrogen and oxygen atoms in total. The molecule has 1 aliphatic carbocycles. The molecule has 0 spiro atoms. The highest BCUT2D eigenvalue weighted by Crippen LogP contribution is 2.32. The van der Waals surface area contributed by atoms with Crippen molar-refractivity contribution < 1.29 is 0 Å². The van der Waals surface area contributed by atoms with Gasteiger partial charge in [-0.15, -0.1) is 11.8 Å². The van der Waals surface area contributed by atoms with E-state index in [0.29, 0.717) is 6.04 Å². The maximum absolute atomic E-state index is 3.71. The van der Waals surface area contributed by atoms with Crippen molar-refractivity contribution in [3.05, 3.63) is 28.7 Å². The molecule has 0 bridgehead atoms. The van der Waals surface area contributed by atoms with Gasteiger partial charge in [-0.2, -0.15) is 0 Å². The highest BCUT2D eigenvalue weighted by molar-refractivity contribution is 9.10. The van der Waals surface area contributed by atoms with Gasteiger partial charge in [0, 0.05) is 21.2 Å². The van der Waals surface area contributed by atoms with Gasteiger partial charge in [0.15, 0.2) is 0 Å². The summed E-state index contributed by atoms with van der Waals surface area (Å²) in [6.07, 6.45) is 7.10. The maximum atomic E-state index is 3.71. The third-order valence-electron chi connectivity index (χ3n) is 3.94. The van der Waals surface area contributed by atoms with Crippen LogP contribution in [0.5, 0.6) is 0 Å². The summed E-state index contributed by atoms with van der Waals surface area (Å²) in [5.74, 6) is 2.06. The molecule has 106 valence electrons. The third kappa shape index (κ3) is 4.80. The minimum Gasteiger partial charge on any atom is -0.313 e. The largest absolute Gasteiger partial charge is 0.313 e. The van der Waals surface area contributed by atoms with Crippen LogP contribution in [-0.4, -0.2) is 18.3 Å². The van der Waals surface area contributed by atoms with Crippen LogP contribution in [0, 0.1) is 5.92 Å². The van der Waals surface area contributed by atoms with Crippen LogP contribution in [0.2, 0.25) is 0 Å². The predicted octanol–water partition coefficient (Wildman–Crippen LogP) is 5.10. The van der Waals surface area contributed by atoms with Crippen LogP contribution in [0.1, 0.15) is 39.0 Å². The molecule has 1 aliphatic rings. The molecule has 3 heteroatoms. The van der Waals surface area contributed by atoms with Crippen molar-refractivity contribution >= 4 is 27.7 Å². The van der Waals surface area contributed by atoms with Gasteiger partial charge in [-0.3, -0.25) is 0 Å². The van der Waals surface area contributed by atoms with E-state index in [4.69, 9.17) is 0 Å². The lowest BCUT2D eigenvalue weighted by molar-refractivity contribution is 0.288. The van der Waals surface area contributed by atoms with Crippen LogP contribution in [0.15, 0.2) is 33.6 Å². The smallest absolute Gasteiger partial charge is 0.0311 e. The number of benzene rings is 1. The molecule has 0 saturated heterocycles. The second-order valence-electron chi connectivity index (χ2n) is 5.30. The summed E-state index contributed by atoms with van der Waals surface area (Å²) in [5, 5.41) is 3.71. The third-order valence-corrected chi connectivity index (χ3v) is 6.09. The van der Waals surface area contributed by atoms with E-state index in [9.17, 15) is 0 Å². The molecule has 1 saturated carbocycles. The Morgan fingerprint density at radius 3 is 2.68 bits per heavy atom. The van der Waals surface area contributed by atoms with Gasteiger partial charge >= 0.3 is 0 Å². The highest BCUT2D eigenvalue weighted by atomic mass is 79.9. The molecule has 2 rings (SSSR count). The van der Waals surface area contributed by atoms with Crippen LogP contribution in [0.3, 0.4) is 0 Å². The summed E-state index contributed by atoms with van der Waals surface area (Å²) in [4.78, 5) is 1.36. The van der Waals surface area contributed by atoms with Crippen molar-refractivity contribution in [1.29, 1.82) is 0 Å². The van der Waals surface area contributed by atoms with E-state index >= 15 is 0 Å². The van der Waals surface area contributed by atoms with E-state index in [0.717, 1.165) is 12.5 Å². The highest BCUT2D eigenvalue weighted by Gasteiger charge is 2.23. The Hall–Kier alpha value is 0.01000. The molecule has 0 radical (unpaired) electrons. The molecular formula is C16H24BrNS. The normalized spacial score (nSPS) is 18.4. The number of hydrogen-bond acceptors (Lipinski definition) is 2. The second kappa shape index (κ2) is 8.33. The Kier molecular flexibility index (Phi) is 6.75. The van der Waals surface area contributed by atoms with Crippen molar-refractivity contribution in [3.63, 3.8) is 0 Å². The van der Waals surface area contributed by atoms with Gasteiger partial charge in [-0.05, 0) is 53.4 Å². The molecule has 1 N–H and O–H groups in total. The van der Waals surface area contributed by atoms with E-state index in [1.165, 1.54) is 47.2 Å². The minimum atomic E-state index is 0.669. The molecule has 1 unspecified atom stereocenters. The predicted molar refractivity (Wildman–Crippen MR) is 88.9 cm³/mol. The second-order valence-corrected chi connectivity index (χ2v) is 7.22. The lowest BCUT2D eigenvalue weighted by atomic mass is 9.84. The molecule has 1 fully saturated rings. The van der Waals surface area contributed by atoms with E-state index in [1.807, 2.05) is 11.8 Å². The Morgan fingerprint density at radius 1 is 1.26 bits per heavy atom. The van der Waals surface area contributed by atoms with Crippen LogP contribution in [0.25, 0.3) is 0 Å². The van der Waals surface area contributed by atoms with Gasteiger partial charge in [-0.25, -0.2) is 0 Å². The van der Waals surface area contributed by atoms with E-state index in [2.05, 4.69) is 52.4 Å². The Morgan fingerprint density at radius 2 is 2.00 bits per heavy atom. The average molecular weight is 342 g/mol. The average Bonchev–Trinajstić information content (AvgIpc) is 2.46. The lowest BCUT2D eigenvalue weighted by Gasteiger charge is -2.30. The number of nitrogens with one attached hydrogen (secondary N) is 1. The fourth-order valence-corrected chi connectivity index (χ4v) is 4.66. The fraction of sp³-hybridized carbons (Fsp3) is 0.625. The van der Waals surface area contributed by atoms with Gasteiger partial charge in [0.1, 0.15) is 0 Å². The van der Waals surface area contributed by atoms with Crippen molar-refractivity contribution in [2.45, 2.75) is 50.0 Å². The number of thioether (sulfide) groups is 1. The molecule has 0 heterocycles. The molecule has 19 heavy (non-hydrogen) atoms. The first-order chi connectivity index (χ1) is 9.31. The molecule has 1 aromatic carbocycles. The molecule has 0 aliphatic heterocycles. The van der Waals surface area contributed by atoms with Crippen molar-refractivity contribution in [3.8, 4) is 0 Å². The van der Waals surface area contributed by atoms with Gasteiger partial charge < -0.3 is 5.32 Å². The number of halogens is 1. The van der Waals surface area contributed by atoms with Crippen LogP contribution in [0.4, 0.5) is 0 Å².